The molecular weight excluding hydrogens is 200 g/mol. The van der Waals surface area contributed by atoms with E-state index in [0.29, 0.717) is 11.9 Å². The molecule has 2 heterocycles. The number of nitrogens with zero attached hydrogens (tertiary/aromatic N) is 3. The smallest absolute Gasteiger partial charge is 0.135 e. The van der Waals surface area contributed by atoms with E-state index in [1.54, 1.807) is 0 Å². The second-order valence-electron chi connectivity index (χ2n) is 4.55. The molecule has 0 spiro atoms. The largest absolute Gasteiger partial charge is 0.383 e. The van der Waals surface area contributed by atoms with Crippen LogP contribution in [0, 0.1) is 20.8 Å². The van der Waals surface area contributed by atoms with Gasteiger partial charge in [-0.25, -0.2) is 4.98 Å². The van der Waals surface area contributed by atoms with E-state index in [9.17, 15) is 0 Å². The maximum absolute atomic E-state index is 5.98. The van der Waals surface area contributed by atoms with E-state index in [4.69, 9.17) is 5.73 Å². The topological polar surface area (TPSA) is 56.7 Å². The van der Waals surface area contributed by atoms with Crippen LogP contribution in [0.5, 0.6) is 0 Å². The third-order valence-electron chi connectivity index (χ3n) is 3.02. The summed E-state index contributed by atoms with van der Waals surface area (Å²) in [7, 11) is 0. The van der Waals surface area contributed by atoms with Gasteiger partial charge in [0.25, 0.3) is 0 Å². The van der Waals surface area contributed by atoms with E-state index < -0.39 is 0 Å². The average molecular weight is 218 g/mol. The number of nitrogens with two attached hydrogens (primary N) is 1. The molecule has 2 aromatic heterocycles. The highest BCUT2D eigenvalue weighted by atomic mass is 15.3. The van der Waals surface area contributed by atoms with Gasteiger partial charge in [0, 0.05) is 11.7 Å². The Hall–Kier alpha value is -1.58. The van der Waals surface area contributed by atoms with Crippen LogP contribution >= 0.6 is 0 Å². The minimum absolute atomic E-state index is 0.330. The van der Waals surface area contributed by atoms with E-state index in [0.717, 1.165) is 22.3 Å². The molecule has 0 aliphatic heterocycles. The maximum atomic E-state index is 5.98. The number of rotatable bonds is 1. The minimum atomic E-state index is 0.330. The molecule has 4 nitrogen and oxygen atoms in total. The van der Waals surface area contributed by atoms with Gasteiger partial charge in [0.05, 0.1) is 16.6 Å². The van der Waals surface area contributed by atoms with Gasteiger partial charge in [-0.05, 0) is 40.2 Å². The van der Waals surface area contributed by atoms with Crippen molar-refractivity contribution < 1.29 is 0 Å². The van der Waals surface area contributed by atoms with Crippen molar-refractivity contribution in [2.45, 2.75) is 40.7 Å². The van der Waals surface area contributed by atoms with Gasteiger partial charge >= 0.3 is 0 Å². The molecule has 0 bridgehead atoms. The molecule has 2 rings (SSSR count). The second kappa shape index (κ2) is 3.47. The number of nitrogen functional groups attached to an aromatic ring is 1. The minimum Gasteiger partial charge on any atom is -0.383 e. The Bertz CT molecular complexity index is 552. The molecule has 0 amide bonds. The predicted octanol–water partition coefficient (Wildman–Crippen LogP) is 2.52. The molecule has 0 aromatic carbocycles. The SMILES string of the molecule is Cc1nc(N)c2c(C)nn(C(C)C)c2c1C. The van der Waals surface area contributed by atoms with Gasteiger partial charge in [0.1, 0.15) is 5.82 Å². The van der Waals surface area contributed by atoms with Crippen molar-refractivity contribution in [1.82, 2.24) is 14.8 Å². The molecule has 16 heavy (non-hydrogen) atoms. The quantitative estimate of drug-likeness (QED) is 0.800. The van der Waals surface area contributed by atoms with Gasteiger partial charge in [-0.2, -0.15) is 5.10 Å². The summed E-state index contributed by atoms with van der Waals surface area (Å²) in [6.45, 7) is 10.3. The van der Waals surface area contributed by atoms with Gasteiger partial charge in [0.2, 0.25) is 0 Å². The molecule has 0 saturated heterocycles. The number of fused-ring (bicyclic) bond motifs is 1. The lowest BCUT2D eigenvalue weighted by atomic mass is 10.1. The molecule has 2 N–H and O–H groups in total. The van der Waals surface area contributed by atoms with Crippen LogP contribution in [0.15, 0.2) is 0 Å². The van der Waals surface area contributed by atoms with Crippen LogP contribution in [0.3, 0.4) is 0 Å². The highest BCUT2D eigenvalue weighted by Crippen LogP contribution is 2.29. The molecule has 86 valence electrons. The van der Waals surface area contributed by atoms with Crippen LogP contribution in [0.2, 0.25) is 0 Å². The van der Waals surface area contributed by atoms with Crippen LogP contribution in [0.4, 0.5) is 5.82 Å². The summed E-state index contributed by atoms with van der Waals surface area (Å²) in [4.78, 5) is 4.36. The van der Waals surface area contributed by atoms with E-state index in [1.165, 1.54) is 5.56 Å². The predicted molar refractivity (Wildman–Crippen MR) is 66.5 cm³/mol. The molecule has 4 heteroatoms. The summed E-state index contributed by atoms with van der Waals surface area (Å²) in [6, 6.07) is 0.330. The standard InChI is InChI=1S/C12H18N4/c1-6(2)16-11-7(3)8(4)14-12(13)10(11)9(5)15-16/h6H,1-5H3,(H2,13,14). The number of pyridine rings is 1. The van der Waals surface area contributed by atoms with Crippen molar-refractivity contribution in [2.75, 3.05) is 5.73 Å². The fourth-order valence-corrected chi connectivity index (χ4v) is 2.08. The van der Waals surface area contributed by atoms with Crippen LogP contribution < -0.4 is 5.73 Å². The zero-order valence-corrected chi connectivity index (χ0v) is 10.5. The molecule has 0 atom stereocenters. The number of anilines is 1. The van der Waals surface area contributed by atoms with Gasteiger partial charge < -0.3 is 5.73 Å². The first-order valence-electron chi connectivity index (χ1n) is 5.55. The van der Waals surface area contributed by atoms with Crippen molar-refractivity contribution >= 4 is 16.7 Å². The number of hydrogen-bond acceptors (Lipinski definition) is 3. The maximum Gasteiger partial charge on any atom is 0.135 e. The summed E-state index contributed by atoms with van der Waals surface area (Å²) < 4.78 is 2.03. The Morgan fingerprint density at radius 3 is 2.31 bits per heavy atom. The van der Waals surface area contributed by atoms with Crippen LogP contribution in [0.25, 0.3) is 10.9 Å². The molecule has 2 aromatic rings. The molecule has 0 aliphatic rings. The Morgan fingerprint density at radius 1 is 1.12 bits per heavy atom. The monoisotopic (exact) mass is 218 g/mol. The van der Waals surface area contributed by atoms with Gasteiger partial charge in [-0.3, -0.25) is 4.68 Å². The van der Waals surface area contributed by atoms with E-state index >= 15 is 0 Å². The lowest BCUT2D eigenvalue weighted by molar-refractivity contribution is 0.546. The second-order valence-corrected chi connectivity index (χ2v) is 4.55. The summed E-state index contributed by atoms with van der Waals surface area (Å²) >= 11 is 0. The molecule has 0 radical (unpaired) electrons. The molecule has 0 fully saturated rings. The van der Waals surface area contributed by atoms with E-state index in [2.05, 4.69) is 30.9 Å². The van der Waals surface area contributed by atoms with E-state index in [-0.39, 0.29) is 0 Å². The first-order valence-corrected chi connectivity index (χ1v) is 5.55. The zero-order valence-electron chi connectivity index (χ0n) is 10.5. The lowest BCUT2D eigenvalue weighted by Gasteiger charge is -2.11. The van der Waals surface area contributed by atoms with Crippen molar-refractivity contribution in [3.63, 3.8) is 0 Å². The van der Waals surface area contributed by atoms with Gasteiger partial charge in [-0.15, -0.1) is 0 Å². The van der Waals surface area contributed by atoms with Gasteiger partial charge in [-0.1, -0.05) is 0 Å². The van der Waals surface area contributed by atoms with Crippen LogP contribution in [0.1, 0.15) is 36.8 Å². The first-order chi connectivity index (χ1) is 7.43. The third kappa shape index (κ3) is 1.37. The van der Waals surface area contributed by atoms with Crippen molar-refractivity contribution in [2.24, 2.45) is 0 Å². The van der Waals surface area contributed by atoms with Crippen molar-refractivity contribution in [3.05, 3.63) is 17.0 Å². The lowest BCUT2D eigenvalue weighted by Crippen LogP contribution is -2.05. The summed E-state index contributed by atoms with van der Waals surface area (Å²) in [5, 5.41) is 5.55. The molecule has 0 unspecified atom stereocenters. The Labute approximate surface area is 95.5 Å². The Kier molecular flexibility index (Phi) is 2.37. The molecule has 0 saturated carbocycles. The number of aryl methyl sites for hydroxylation is 3. The fraction of sp³-hybridized carbons (Fsp3) is 0.500. The van der Waals surface area contributed by atoms with E-state index in [1.807, 2.05) is 18.5 Å². The number of hydrogen-bond donors (Lipinski definition) is 1. The highest BCUT2D eigenvalue weighted by Gasteiger charge is 2.16. The van der Waals surface area contributed by atoms with Crippen LogP contribution in [-0.4, -0.2) is 14.8 Å². The van der Waals surface area contributed by atoms with Crippen molar-refractivity contribution in [1.29, 1.82) is 0 Å². The molecule has 0 aliphatic carbocycles. The summed E-state index contributed by atoms with van der Waals surface area (Å²) in [5.74, 6) is 0.586. The average Bonchev–Trinajstić information content (AvgIpc) is 2.53. The fourth-order valence-electron chi connectivity index (χ4n) is 2.08. The third-order valence-corrected chi connectivity index (χ3v) is 3.02. The normalized spacial score (nSPS) is 11.6. The zero-order chi connectivity index (χ0) is 12.0. The summed E-state index contributed by atoms with van der Waals surface area (Å²) in [6.07, 6.45) is 0. The highest BCUT2D eigenvalue weighted by molar-refractivity contribution is 5.93. The molecular formula is C12H18N4. The Balaban J connectivity index is 2.97. The van der Waals surface area contributed by atoms with Crippen molar-refractivity contribution in [3.8, 4) is 0 Å². The Morgan fingerprint density at radius 2 is 1.75 bits per heavy atom. The van der Waals surface area contributed by atoms with Crippen LogP contribution in [-0.2, 0) is 0 Å². The number of aromatic nitrogens is 3. The first kappa shape index (κ1) is 10.9. The summed E-state index contributed by atoms with van der Waals surface area (Å²) in [5.41, 5.74) is 10.2. The van der Waals surface area contributed by atoms with Gasteiger partial charge in [0.15, 0.2) is 0 Å².